The second-order valence-corrected chi connectivity index (χ2v) is 10.3. The molecule has 0 saturated carbocycles. The van der Waals surface area contributed by atoms with Gasteiger partial charge in [0.1, 0.15) is 11.6 Å². The van der Waals surface area contributed by atoms with Gasteiger partial charge in [0.15, 0.2) is 0 Å². The summed E-state index contributed by atoms with van der Waals surface area (Å²) in [6, 6.07) is 0.766. The predicted molar refractivity (Wildman–Crippen MR) is 109 cm³/mol. The second-order valence-electron chi connectivity index (χ2n) is 7.94. The van der Waals surface area contributed by atoms with Gasteiger partial charge in [0, 0.05) is 12.5 Å². The van der Waals surface area contributed by atoms with Crippen LogP contribution in [0, 0.1) is 17.2 Å². The molecule has 2 unspecified atom stereocenters. The topological polar surface area (TPSA) is 103 Å². The van der Waals surface area contributed by atoms with Crippen molar-refractivity contribution in [3.63, 3.8) is 0 Å². The summed E-state index contributed by atoms with van der Waals surface area (Å²) in [6.07, 6.45) is 2.19. The van der Waals surface area contributed by atoms with Gasteiger partial charge in [0.25, 0.3) is 5.92 Å². The largest absolute Gasteiger partial charge is 0.344 e. The third-order valence-electron chi connectivity index (χ3n) is 5.54. The minimum absolute atomic E-state index is 0.0299. The van der Waals surface area contributed by atoms with Crippen molar-refractivity contribution in [2.75, 3.05) is 24.7 Å². The number of anilines is 1. The fraction of sp³-hybridized carbons (Fsp3) is 0.611. The third-order valence-corrected chi connectivity index (χ3v) is 7.17. The van der Waals surface area contributed by atoms with E-state index < -0.39 is 28.5 Å². The molecule has 1 aliphatic heterocycles. The molecule has 3 rings (SSSR count). The Kier molecular flexibility index (Phi) is 5.97. The van der Waals surface area contributed by atoms with E-state index >= 15 is 0 Å². The molecule has 0 aromatic carbocycles. The number of alkyl halides is 2. The van der Waals surface area contributed by atoms with Crippen molar-refractivity contribution in [2.24, 2.45) is 5.92 Å². The Labute approximate surface area is 178 Å². The van der Waals surface area contributed by atoms with Gasteiger partial charge in [-0.3, -0.25) is 0 Å². The van der Waals surface area contributed by atoms with E-state index in [1.807, 2.05) is 20.8 Å². The number of halogens is 3. The zero-order chi connectivity index (χ0) is 22.4. The van der Waals surface area contributed by atoms with E-state index in [0.717, 1.165) is 10.6 Å². The summed E-state index contributed by atoms with van der Waals surface area (Å²) in [5.74, 6) is -3.24. The summed E-state index contributed by atoms with van der Waals surface area (Å²) in [6.45, 7) is 4.99. The van der Waals surface area contributed by atoms with Crippen LogP contribution in [0.15, 0.2) is 6.20 Å². The molecule has 0 amide bonds. The molecule has 0 bridgehead atoms. The number of nitrogens with zero attached hydrogens (tertiary/aromatic N) is 5. The monoisotopic (exact) mass is 460 g/mol. The Bertz CT molecular complexity index is 1110. The first-order valence-corrected chi connectivity index (χ1v) is 11.7. The first-order chi connectivity index (χ1) is 13.9. The minimum Gasteiger partial charge on any atom is -0.344 e. The number of sulfonamides is 1. The van der Waals surface area contributed by atoms with E-state index in [4.69, 9.17) is 11.6 Å². The van der Waals surface area contributed by atoms with Crippen LogP contribution in [0.1, 0.15) is 44.4 Å². The number of rotatable bonds is 5. The molecule has 1 N–H and O–H groups in total. The highest BCUT2D eigenvalue weighted by Gasteiger charge is 2.47. The van der Waals surface area contributed by atoms with Gasteiger partial charge in [0.05, 0.1) is 41.3 Å². The first kappa shape index (κ1) is 22.7. The highest BCUT2D eigenvalue weighted by atomic mass is 35.5. The summed E-state index contributed by atoms with van der Waals surface area (Å²) in [5.41, 5.74) is 1.30. The van der Waals surface area contributed by atoms with Gasteiger partial charge in [-0.25, -0.2) is 26.7 Å². The fourth-order valence-corrected chi connectivity index (χ4v) is 4.58. The maximum Gasteiger partial charge on any atom is 0.281 e. The minimum atomic E-state index is -3.71. The third kappa shape index (κ3) is 4.08. The van der Waals surface area contributed by atoms with Crippen molar-refractivity contribution in [2.45, 2.75) is 45.1 Å². The van der Waals surface area contributed by atoms with E-state index in [1.165, 1.54) is 10.7 Å². The molecule has 2 aromatic heterocycles. The van der Waals surface area contributed by atoms with Crippen LogP contribution in [0.4, 0.5) is 14.7 Å². The smallest absolute Gasteiger partial charge is 0.281 e. The molecule has 164 valence electrons. The van der Waals surface area contributed by atoms with E-state index in [0.29, 0.717) is 11.2 Å². The SMILES string of the molecule is CC(C)C(C)c1c(C#N)c(Cl)c2cnc(NC3CCN(S(C)(=O)=O)CC3(F)F)nn12. The summed E-state index contributed by atoms with van der Waals surface area (Å²) in [5, 5.41) is 16.7. The quantitative estimate of drug-likeness (QED) is 0.735. The molecule has 2 atom stereocenters. The highest BCUT2D eigenvalue weighted by molar-refractivity contribution is 7.88. The molecule has 0 spiro atoms. The van der Waals surface area contributed by atoms with E-state index in [1.54, 1.807) is 0 Å². The number of nitriles is 1. The van der Waals surface area contributed by atoms with Gasteiger partial charge >= 0.3 is 0 Å². The molecular formula is C18H23ClF2N6O2S. The zero-order valence-electron chi connectivity index (χ0n) is 17.0. The highest BCUT2D eigenvalue weighted by Crippen LogP contribution is 2.35. The van der Waals surface area contributed by atoms with Crippen molar-refractivity contribution in [1.82, 2.24) is 18.9 Å². The number of hydrogen-bond donors (Lipinski definition) is 1. The van der Waals surface area contributed by atoms with Crippen molar-refractivity contribution < 1.29 is 17.2 Å². The average Bonchev–Trinajstić information content (AvgIpc) is 2.92. The fourth-order valence-electron chi connectivity index (χ4n) is 3.47. The lowest BCUT2D eigenvalue weighted by Crippen LogP contribution is -2.55. The Balaban J connectivity index is 1.97. The van der Waals surface area contributed by atoms with Crippen LogP contribution in [0.2, 0.25) is 5.02 Å². The van der Waals surface area contributed by atoms with Crippen LogP contribution in [-0.2, 0) is 10.0 Å². The molecule has 8 nitrogen and oxygen atoms in total. The van der Waals surface area contributed by atoms with E-state index in [-0.39, 0.29) is 41.3 Å². The van der Waals surface area contributed by atoms with Gasteiger partial charge in [-0.05, 0) is 12.3 Å². The van der Waals surface area contributed by atoms with Crippen molar-refractivity contribution >= 4 is 33.1 Å². The molecule has 30 heavy (non-hydrogen) atoms. The maximum atomic E-state index is 14.6. The Morgan fingerprint density at radius 1 is 1.40 bits per heavy atom. The molecule has 1 saturated heterocycles. The van der Waals surface area contributed by atoms with Gasteiger partial charge in [0.2, 0.25) is 16.0 Å². The summed E-state index contributed by atoms with van der Waals surface area (Å²) >= 11 is 6.33. The van der Waals surface area contributed by atoms with E-state index in [2.05, 4.69) is 21.5 Å². The normalized spacial score (nSPS) is 21.0. The number of nitrogens with one attached hydrogen (secondary N) is 1. The maximum absolute atomic E-state index is 14.6. The first-order valence-electron chi connectivity index (χ1n) is 9.43. The molecule has 12 heteroatoms. The zero-order valence-corrected chi connectivity index (χ0v) is 18.6. The number of piperidine rings is 1. The molecular weight excluding hydrogens is 438 g/mol. The van der Waals surface area contributed by atoms with Crippen LogP contribution in [0.5, 0.6) is 0 Å². The number of hydrogen-bond acceptors (Lipinski definition) is 6. The number of fused-ring (bicyclic) bond motifs is 1. The molecule has 1 fully saturated rings. The lowest BCUT2D eigenvalue weighted by atomic mass is 9.93. The van der Waals surface area contributed by atoms with E-state index in [9.17, 15) is 22.5 Å². The lowest BCUT2D eigenvalue weighted by Gasteiger charge is -2.37. The predicted octanol–water partition coefficient (Wildman–Crippen LogP) is 3.09. The lowest BCUT2D eigenvalue weighted by molar-refractivity contribution is -0.0541. The molecule has 3 heterocycles. The van der Waals surface area contributed by atoms with Crippen LogP contribution in [0.25, 0.3) is 5.52 Å². The Morgan fingerprint density at radius 2 is 2.07 bits per heavy atom. The Morgan fingerprint density at radius 3 is 2.60 bits per heavy atom. The number of aromatic nitrogens is 3. The molecule has 0 radical (unpaired) electrons. The molecule has 0 aliphatic carbocycles. The Hall–Kier alpha value is -2.03. The van der Waals surface area contributed by atoms with Gasteiger partial charge in [-0.15, -0.1) is 5.10 Å². The van der Waals surface area contributed by atoms with Gasteiger partial charge < -0.3 is 5.32 Å². The summed E-state index contributed by atoms with van der Waals surface area (Å²) < 4.78 is 54.6. The van der Waals surface area contributed by atoms with Crippen LogP contribution >= 0.6 is 11.6 Å². The second kappa shape index (κ2) is 7.90. The summed E-state index contributed by atoms with van der Waals surface area (Å²) in [7, 11) is -3.71. The van der Waals surface area contributed by atoms with Gasteiger partial charge in [-0.2, -0.15) is 9.57 Å². The molecule has 2 aromatic rings. The standard InChI is InChI=1S/C18H23ClF2N6O2S/c1-10(2)11(3)16-12(7-22)15(19)13-8-23-17(25-27(13)16)24-14-5-6-26(30(4,28)29)9-18(14,20)21/h8,10-11,14H,5-6,9H2,1-4H3,(H,24,25). The van der Waals surface area contributed by atoms with Crippen LogP contribution in [-0.4, -0.2) is 58.6 Å². The average molecular weight is 461 g/mol. The van der Waals surface area contributed by atoms with Crippen molar-refractivity contribution in [3.05, 3.63) is 22.5 Å². The summed E-state index contributed by atoms with van der Waals surface area (Å²) in [4.78, 5) is 4.09. The van der Waals surface area contributed by atoms with Crippen LogP contribution in [0.3, 0.4) is 0 Å². The molecule has 1 aliphatic rings. The van der Waals surface area contributed by atoms with Crippen molar-refractivity contribution in [3.8, 4) is 6.07 Å². The van der Waals surface area contributed by atoms with Crippen molar-refractivity contribution in [1.29, 1.82) is 5.26 Å². The van der Waals surface area contributed by atoms with Crippen LogP contribution < -0.4 is 5.32 Å². The van der Waals surface area contributed by atoms with Gasteiger partial charge in [-0.1, -0.05) is 32.4 Å².